The molecular formula is C23H17F2N9O. The largest absolute Gasteiger partial charge is 0.382 e. The van der Waals surface area contributed by atoms with Crippen LogP contribution >= 0.6 is 0 Å². The lowest BCUT2D eigenvalue weighted by Crippen LogP contribution is -2.28. The number of nitrogen functional groups attached to an aromatic ring is 2. The van der Waals surface area contributed by atoms with Gasteiger partial charge in [0.1, 0.15) is 23.3 Å². The monoisotopic (exact) mass is 473 g/mol. The summed E-state index contributed by atoms with van der Waals surface area (Å²) in [5.41, 5.74) is 10.7. The van der Waals surface area contributed by atoms with Crippen LogP contribution < -0.4 is 22.3 Å². The van der Waals surface area contributed by atoms with Gasteiger partial charge >= 0.3 is 0 Å². The summed E-state index contributed by atoms with van der Waals surface area (Å²) in [4.78, 5) is 25.9. The maximum absolute atomic E-state index is 13.7. The predicted octanol–water partition coefficient (Wildman–Crippen LogP) is 3.19. The Morgan fingerprint density at radius 2 is 1.80 bits per heavy atom. The number of hydrogen-bond donors (Lipinski definition) is 3. The van der Waals surface area contributed by atoms with Gasteiger partial charge in [-0.15, -0.1) is 0 Å². The Hall–Kier alpha value is -5.10. The van der Waals surface area contributed by atoms with E-state index in [0.717, 1.165) is 4.57 Å². The highest BCUT2D eigenvalue weighted by molar-refractivity contribution is 5.82. The minimum Gasteiger partial charge on any atom is -0.382 e. The third kappa shape index (κ3) is 4.16. The van der Waals surface area contributed by atoms with Crippen LogP contribution in [0.4, 0.5) is 26.4 Å². The number of benzene rings is 2. The fourth-order valence-corrected chi connectivity index (χ4v) is 3.69. The fraction of sp³-hybridized carbons (Fsp3) is 0.130. The van der Waals surface area contributed by atoms with E-state index in [-0.39, 0.29) is 51.1 Å². The van der Waals surface area contributed by atoms with Gasteiger partial charge in [0, 0.05) is 5.56 Å². The molecule has 1 unspecified atom stereocenters. The summed E-state index contributed by atoms with van der Waals surface area (Å²) in [6.45, 7) is 1.63. The Kier molecular flexibility index (Phi) is 5.96. The zero-order valence-electron chi connectivity index (χ0n) is 18.2. The third-order valence-corrected chi connectivity index (χ3v) is 5.23. The summed E-state index contributed by atoms with van der Waals surface area (Å²) in [5.74, 6) is -0.188. The maximum atomic E-state index is 13.7. The van der Waals surface area contributed by atoms with Crippen LogP contribution in [0.1, 0.15) is 41.9 Å². The second-order valence-corrected chi connectivity index (χ2v) is 7.48. The Balaban J connectivity index is 2.00. The summed E-state index contributed by atoms with van der Waals surface area (Å²) in [7, 11) is 0. The van der Waals surface area contributed by atoms with Crippen LogP contribution in [-0.2, 0) is 0 Å². The second kappa shape index (κ2) is 9.03. The van der Waals surface area contributed by atoms with Crippen LogP contribution in [0.15, 0.2) is 47.3 Å². The molecule has 35 heavy (non-hydrogen) atoms. The number of nitrogens with one attached hydrogen (secondary N) is 1. The number of fused-ring (bicyclic) bond motifs is 1. The zero-order valence-corrected chi connectivity index (χ0v) is 18.2. The second-order valence-electron chi connectivity index (χ2n) is 7.48. The summed E-state index contributed by atoms with van der Waals surface area (Å²) >= 11 is 0. The lowest BCUT2D eigenvalue weighted by molar-refractivity contribution is 0.153. The number of anilines is 3. The van der Waals surface area contributed by atoms with Gasteiger partial charge in [-0.25, -0.2) is 13.8 Å². The molecule has 0 saturated heterocycles. The summed E-state index contributed by atoms with van der Waals surface area (Å²) < 4.78 is 28.6. The van der Waals surface area contributed by atoms with E-state index in [0.29, 0.717) is 0 Å². The molecule has 1 atom stereocenters. The number of nitrogens with zero attached hydrogens (tertiary/aromatic N) is 6. The van der Waals surface area contributed by atoms with Crippen LogP contribution in [-0.4, -0.2) is 19.5 Å². The van der Waals surface area contributed by atoms with E-state index >= 15 is 0 Å². The van der Waals surface area contributed by atoms with Gasteiger partial charge in [0.15, 0.2) is 5.82 Å². The van der Waals surface area contributed by atoms with E-state index in [1.165, 1.54) is 24.3 Å². The van der Waals surface area contributed by atoms with E-state index in [9.17, 15) is 24.1 Å². The Morgan fingerprint density at radius 1 is 1.06 bits per heavy atom. The van der Waals surface area contributed by atoms with Crippen molar-refractivity contribution in [1.82, 2.24) is 19.5 Å². The molecule has 0 spiro atoms. The summed E-state index contributed by atoms with van der Waals surface area (Å²) in [6.07, 6.45) is -2.90. The Labute approximate surface area is 197 Å². The highest BCUT2D eigenvalue weighted by Crippen LogP contribution is 2.28. The molecule has 0 bridgehead atoms. The van der Waals surface area contributed by atoms with Crippen molar-refractivity contribution in [2.45, 2.75) is 19.4 Å². The molecule has 0 fully saturated rings. The number of aromatic nitrogens is 4. The van der Waals surface area contributed by atoms with Crippen molar-refractivity contribution in [3.05, 3.63) is 75.3 Å². The SMILES string of the molecule is CC(Nc1nc(N)nc(N)c1C#N)c1nc2cccc(C(F)F)c2c(=O)n1-c1cccc(C#N)c1. The van der Waals surface area contributed by atoms with Crippen LogP contribution in [0.2, 0.25) is 0 Å². The molecule has 0 aliphatic rings. The third-order valence-electron chi connectivity index (χ3n) is 5.23. The van der Waals surface area contributed by atoms with Crippen molar-refractivity contribution in [1.29, 1.82) is 10.5 Å². The van der Waals surface area contributed by atoms with Gasteiger partial charge in [-0.3, -0.25) is 9.36 Å². The first-order chi connectivity index (χ1) is 16.7. The first kappa shape index (κ1) is 23.1. The Bertz CT molecular complexity index is 1600. The molecule has 5 N–H and O–H groups in total. The quantitative estimate of drug-likeness (QED) is 0.393. The number of nitrogens with two attached hydrogens (primary N) is 2. The molecular weight excluding hydrogens is 456 g/mol. The molecule has 174 valence electrons. The minimum atomic E-state index is -2.90. The zero-order chi connectivity index (χ0) is 25.3. The minimum absolute atomic E-state index is 0.0120. The van der Waals surface area contributed by atoms with E-state index in [1.54, 1.807) is 25.1 Å². The van der Waals surface area contributed by atoms with E-state index in [4.69, 9.17) is 11.5 Å². The molecule has 0 aliphatic heterocycles. The Morgan fingerprint density at radius 3 is 2.49 bits per heavy atom. The highest BCUT2D eigenvalue weighted by atomic mass is 19.3. The van der Waals surface area contributed by atoms with E-state index in [2.05, 4.69) is 20.3 Å². The van der Waals surface area contributed by atoms with Crippen LogP contribution in [0.5, 0.6) is 0 Å². The van der Waals surface area contributed by atoms with E-state index < -0.39 is 23.6 Å². The highest BCUT2D eigenvalue weighted by Gasteiger charge is 2.23. The van der Waals surface area contributed by atoms with Gasteiger partial charge < -0.3 is 16.8 Å². The molecule has 0 amide bonds. The number of alkyl halides is 2. The van der Waals surface area contributed by atoms with Crippen molar-refractivity contribution < 1.29 is 8.78 Å². The standard InChI is InChI=1S/C23H17F2N9O/c1-11(30-20-15(10-27)19(28)32-23(29)33-20)21-31-16-7-3-6-14(18(24)25)17(16)22(35)34(21)13-5-2-4-12(8-13)9-26/h2-8,11,18H,1H3,(H5,28,29,30,32,33). The molecule has 2 aromatic carbocycles. The number of hydrogen-bond acceptors (Lipinski definition) is 9. The molecule has 4 aromatic rings. The van der Waals surface area contributed by atoms with Gasteiger partial charge in [-0.1, -0.05) is 18.2 Å². The molecule has 10 nitrogen and oxygen atoms in total. The number of nitriles is 2. The fourth-order valence-electron chi connectivity index (χ4n) is 3.69. The van der Waals surface area contributed by atoms with Crippen molar-refractivity contribution in [2.75, 3.05) is 16.8 Å². The van der Waals surface area contributed by atoms with Gasteiger partial charge in [0.25, 0.3) is 12.0 Å². The molecule has 2 heterocycles. The number of rotatable bonds is 5. The summed E-state index contributed by atoms with van der Waals surface area (Å²) in [6, 6.07) is 13.2. The normalized spacial score (nSPS) is 11.7. The van der Waals surface area contributed by atoms with Crippen LogP contribution in [0, 0.1) is 22.7 Å². The van der Waals surface area contributed by atoms with Crippen LogP contribution in [0.3, 0.4) is 0 Å². The van der Waals surface area contributed by atoms with Crippen molar-refractivity contribution in [2.24, 2.45) is 0 Å². The number of halogens is 2. The molecule has 0 radical (unpaired) electrons. The van der Waals surface area contributed by atoms with Gasteiger partial charge in [-0.2, -0.15) is 20.5 Å². The first-order valence-corrected chi connectivity index (χ1v) is 10.2. The van der Waals surface area contributed by atoms with Crippen molar-refractivity contribution in [3.63, 3.8) is 0 Å². The molecule has 12 heteroatoms. The van der Waals surface area contributed by atoms with Crippen molar-refractivity contribution in [3.8, 4) is 17.8 Å². The predicted molar refractivity (Wildman–Crippen MR) is 125 cm³/mol. The van der Waals surface area contributed by atoms with Gasteiger partial charge in [-0.05, 0) is 31.2 Å². The smallest absolute Gasteiger partial charge is 0.266 e. The lowest BCUT2D eigenvalue weighted by atomic mass is 10.1. The topological polar surface area (TPSA) is 172 Å². The maximum Gasteiger partial charge on any atom is 0.266 e. The summed E-state index contributed by atoms with van der Waals surface area (Å²) in [5, 5.41) is 21.5. The first-order valence-electron chi connectivity index (χ1n) is 10.2. The van der Waals surface area contributed by atoms with Crippen LogP contribution in [0.25, 0.3) is 16.6 Å². The van der Waals surface area contributed by atoms with E-state index in [1.807, 2.05) is 12.1 Å². The molecule has 4 rings (SSSR count). The van der Waals surface area contributed by atoms with Gasteiger partial charge in [0.05, 0.1) is 34.3 Å². The van der Waals surface area contributed by atoms with Crippen molar-refractivity contribution >= 4 is 28.5 Å². The van der Waals surface area contributed by atoms with Gasteiger partial charge in [0.2, 0.25) is 5.95 Å². The average molecular weight is 473 g/mol. The molecule has 0 saturated carbocycles. The molecule has 2 aromatic heterocycles. The lowest BCUT2D eigenvalue weighted by Gasteiger charge is -2.21. The average Bonchev–Trinajstić information content (AvgIpc) is 2.83. The molecule has 0 aliphatic carbocycles.